The smallest absolute Gasteiger partial charge is 0.262 e. The monoisotopic (exact) mass is 275 g/mol. The Bertz CT molecular complexity index is 710. The van der Waals surface area contributed by atoms with Crippen molar-refractivity contribution >= 4 is 0 Å². The molecule has 1 aromatic carbocycles. The van der Waals surface area contributed by atoms with Gasteiger partial charge in [-0.15, -0.1) is 0 Å². The van der Waals surface area contributed by atoms with Gasteiger partial charge in [0.15, 0.2) is 0 Å². The molecule has 0 saturated heterocycles. The summed E-state index contributed by atoms with van der Waals surface area (Å²) in [6.07, 6.45) is 1.97. The Labute approximate surface area is 114 Å². The lowest BCUT2D eigenvalue weighted by atomic mass is 10.1. The molecule has 5 nitrogen and oxygen atoms in total. The summed E-state index contributed by atoms with van der Waals surface area (Å²) in [7, 11) is 0. The first-order valence-electron chi connectivity index (χ1n) is 6.41. The van der Waals surface area contributed by atoms with E-state index in [-0.39, 0.29) is 22.9 Å². The maximum absolute atomic E-state index is 13.7. The van der Waals surface area contributed by atoms with E-state index in [0.717, 1.165) is 12.8 Å². The molecule has 0 bridgehead atoms. The van der Waals surface area contributed by atoms with Crippen LogP contribution in [0, 0.1) is 11.7 Å². The fourth-order valence-corrected chi connectivity index (χ4v) is 2.22. The molecule has 1 aliphatic carbocycles. The van der Waals surface area contributed by atoms with E-state index in [1.807, 2.05) is 0 Å². The molecule has 1 fully saturated rings. The lowest BCUT2D eigenvalue weighted by Crippen LogP contribution is -2.22. The molecule has 1 saturated carbocycles. The zero-order valence-corrected chi connectivity index (χ0v) is 10.6. The van der Waals surface area contributed by atoms with Crippen molar-refractivity contribution < 1.29 is 9.50 Å². The van der Waals surface area contributed by atoms with E-state index in [1.165, 1.54) is 18.2 Å². The number of hydrogen-bond acceptors (Lipinski definition) is 4. The summed E-state index contributed by atoms with van der Waals surface area (Å²) in [5, 5.41) is 9.95. The Balaban J connectivity index is 2.09. The fraction of sp³-hybridized carbons (Fsp3) is 0.286. The lowest BCUT2D eigenvalue weighted by Gasteiger charge is -2.11. The highest BCUT2D eigenvalue weighted by molar-refractivity contribution is 5.67. The summed E-state index contributed by atoms with van der Waals surface area (Å²) in [6.45, 7) is 0. The van der Waals surface area contributed by atoms with Gasteiger partial charge in [-0.2, -0.15) is 4.98 Å². The quantitative estimate of drug-likeness (QED) is 0.794. The number of benzene rings is 1. The van der Waals surface area contributed by atoms with Crippen molar-refractivity contribution in [3.8, 4) is 17.0 Å². The van der Waals surface area contributed by atoms with Crippen LogP contribution in [0.4, 0.5) is 4.39 Å². The summed E-state index contributed by atoms with van der Waals surface area (Å²) in [5.74, 6) is -0.550. The number of aromatic hydroxyl groups is 1. The number of halogens is 1. The van der Waals surface area contributed by atoms with Gasteiger partial charge in [-0.25, -0.2) is 4.39 Å². The normalized spacial score (nSPS) is 16.1. The van der Waals surface area contributed by atoms with Gasteiger partial charge in [0.05, 0.1) is 6.04 Å². The topological polar surface area (TPSA) is 92.0 Å². The van der Waals surface area contributed by atoms with Crippen LogP contribution in [0.2, 0.25) is 0 Å². The maximum Gasteiger partial charge on any atom is 0.262 e. The molecule has 1 aromatic heterocycles. The van der Waals surface area contributed by atoms with Crippen molar-refractivity contribution in [2.24, 2.45) is 11.7 Å². The van der Waals surface area contributed by atoms with E-state index in [0.29, 0.717) is 0 Å². The molecule has 0 aliphatic heterocycles. The molecular formula is C14H14FN3O2. The van der Waals surface area contributed by atoms with Gasteiger partial charge in [-0.1, -0.05) is 18.2 Å². The molecule has 0 amide bonds. The molecule has 1 atom stereocenters. The molecule has 20 heavy (non-hydrogen) atoms. The van der Waals surface area contributed by atoms with Gasteiger partial charge in [0, 0.05) is 5.56 Å². The molecular weight excluding hydrogens is 261 g/mol. The first kappa shape index (κ1) is 12.8. The van der Waals surface area contributed by atoms with Gasteiger partial charge in [0.1, 0.15) is 17.2 Å². The van der Waals surface area contributed by atoms with Gasteiger partial charge in [-0.3, -0.25) is 4.79 Å². The van der Waals surface area contributed by atoms with Gasteiger partial charge >= 0.3 is 0 Å². The third-order valence-corrected chi connectivity index (χ3v) is 3.51. The molecule has 0 spiro atoms. The second-order valence-electron chi connectivity index (χ2n) is 4.99. The Morgan fingerprint density at radius 1 is 1.40 bits per heavy atom. The van der Waals surface area contributed by atoms with Crippen LogP contribution < -0.4 is 11.3 Å². The fourth-order valence-electron chi connectivity index (χ4n) is 2.22. The van der Waals surface area contributed by atoms with Crippen LogP contribution in [0.1, 0.15) is 24.7 Å². The van der Waals surface area contributed by atoms with Gasteiger partial charge in [0.25, 0.3) is 5.56 Å². The number of aromatic nitrogens is 2. The second kappa shape index (κ2) is 4.72. The van der Waals surface area contributed by atoms with Crippen LogP contribution in [-0.4, -0.2) is 15.1 Å². The van der Waals surface area contributed by atoms with Crippen LogP contribution in [0.3, 0.4) is 0 Å². The minimum absolute atomic E-state index is 0.0188. The Hall–Kier alpha value is -2.21. The van der Waals surface area contributed by atoms with E-state index in [2.05, 4.69) is 9.97 Å². The van der Waals surface area contributed by atoms with Crippen LogP contribution in [0.5, 0.6) is 5.88 Å². The number of rotatable bonds is 3. The Morgan fingerprint density at radius 3 is 2.70 bits per heavy atom. The minimum atomic E-state index is -0.589. The highest BCUT2D eigenvalue weighted by Gasteiger charge is 2.32. The highest BCUT2D eigenvalue weighted by Crippen LogP contribution is 2.38. The van der Waals surface area contributed by atoms with Crippen LogP contribution in [0.15, 0.2) is 29.1 Å². The molecule has 4 N–H and O–H groups in total. The number of hydrogen-bond donors (Lipinski definition) is 3. The van der Waals surface area contributed by atoms with Crippen molar-refractivity contribution in [2.45, 2.75) is 18.9 Å². The summed E-state index contributed by atoms with van der Waals surface area (Å²) in [5.41, 5.74) is 5.20. The van der Waals surface area contributed by atoms with E-state index in [1.54, 1.807) is 6.07 Å². The first-order valence-corrected chi connectivity index (χ1v) is 6.41. The number of nitrogens with zero attached hydrogens (tertiary/aromatic N) is 1. The zero-order chi connectivity index (χ0) is 14.3. The van der Waals surface area contributed by atoms with Crippen molar-refractivity contribution in [3.63, 3.8) is 0 Å². The predicted octanol–water partition coefficient (Wildman–Crippen LogP) is 1.69. The van der Waals surface area contributed by atoms with Crippen molar-refractivity contribution in [2.75, 3.05) is 0 Å². The van der Waals surface area contributed by atoms with Crippen LogP contribution in [0.25, 0.3) is 11.1 Å². The molecule has 1 heterocycles. The number of nitrogens with one attached hydrogen (secondary N) is 1. The van der Waals surface area contributed by atoms with E-state index in [4.69, 9.17) is 5.73 Å². The van der Waals surface area contributed by atoms with Gasteiger partial charge < -0.3 is 15.8 Å². The van der Waals surface area contributed by atoms with Gasteiger partial charge in [0.2, 0.25) is 5.88 Å². The Kier molecular flexibility index (Phi) is 3.02. The van der Waals surface area contributed by atoms with Gasteiger partial charge in [-0.05, 0) is 24.8 Å². The van der Waals surface area contributed by atoms with Crippen molar-refractivity contribution in [3.05, 3.63) is 46.3 Å². The maximum atomic E-state index is 13.7. The third kappa shape index (κ3) is 2.18. The molecule has 6 heteroatoms. The third-order valence-electron chi connectivity index (χ3n) is 3.51. The molecule has 1 aliphatic rings. The zero-order valence-electron chi connectivity index (χ0n) is 10.6. The Morgan fingerprint density at radius 2 is 2.10 bits per heavy atom. The van der Waals surface area contributed by atoms with Crippen molar-refractivity contribution in [1.29, 1.82) is 0 Å². The largest absolute Gasteiger partial charge is 0.493 e. The molecule has 0 radical (unpaired) electrons. The average Bonchev–Trinajstić information content (AvgIpc) is 3.23. The molecule has 2 aromatic rings. The predicted molar refractivity (Wildman–Crippen MR) is 71.6 cm³/mol. The molecule has 3 rings (SSSR count). The number of aromatic amines is 1. The first-order chi connectivity index (χ1) is 9.58. The summed E-state index contributed by atoms with van der Waals surface area (Å²) in [6, 6.07) is 5.33. The number of H-pyrrole nitrogens is 1. The molecule has 1 unspecified atom stereocenters. The minimum Gasteiger partial charge on any atom is -0.493 e. The van der Waals surface area contributed by atoms with Crippen molar-refractivity contribution in [1.82, 2.24) is 9.97 Å². The lowest BCUT2D eigenvalue weighted by molar-refractivity contribution is 0.443. The van der Waals surface area contributed by atoms with Crippen LogP contribution in [-0.2, 0) is 0 Å². The summed E-state index contributed by atoms with van der Waals surface area (Å²) >= 11 is 0. The standard InChI is InChI=1S/C14H14FN3O2/c15-9-4-2-1-3-8(9)10-13(19)17-12(18-14(10)20)11(16)7-5-6-7/h1-4,7,11H,5-6,16H2,(H2,17,18,19,20). The van der Waals surface area contributed by atoms with Crippen LogP contribution >= 0.6 is 0 Å². The summed E-state index contributed by atoms with van der Waals surface area (Å²) < 4.78 is 13.7. The van der Waals surface area contributed by atoms with E-state index >= 15 is 0 Å². The highest BCUT2D eigenvalue weighted by atomic mass is 19.1. The SMILES string of the molecule is NC(c1nc(O)c(-c2ccccc2F)c(=O)[nH]1)C1CC1. The van der Waals surface area contributed by atoms with E-state index in [9.17, 15) is 14.3 Å². The molecule has 104 valence electrons. The summed E-state index contributed by atoms with van der Waals surface area (Å²) in [4.78, 5) is 18.5. The second-order valence-corrected chi connectivity index (χ2v) is 4.99. The number of nitrogens with two attached hydrogens (primary N) is 1. The van der Waals surface area contributed by atoms with E-state index < -0.39 is 23.3 Å². The average molecular weight is 275 g/mol.